The van der Waals surface area contributed by atoms with Crippen molar-refractivity contribution in [2.75, 3.05) is 9.80 Å². The molecule has 0 radical (unpaired) electrons. The molecule has 7 rings (SSSR count). The largest absolute Gasteiger partial charge is 0.287 e. The van der Waals surface area contributed by atoms with Crippen molar-refractivity contribution in [2.24, 2.45) is 10.2 Å². The zero-order valence-corrected chi connectivity index (χ0v) is 23.8. The fraction of sp³-hybridized carbons (Fsp3) is 0.114. The molecule has 204 valence electrons. The molecule has 0 spiro atoms. The molecule has 7 heteroatoms. The van der Waals surface area contributed by atoms with Gasteiger partial charge in [0.25, 0.3) is 0 Å². The summed E-state index contributed by atoms with van der Waals surface area (Å²) in [6.07, 6.45) is 5.32. The zero-order chi connectivity index (χ0) is 29.0. The van der Waals surface area contributed by atoms with E-state index in [4.69, 9.17) is 9.97 Å². The van der Waals surface area contributed by atoms with Gasteiger partial charge in [-0.1, -0.05) is 60.7 Å². The van der Waals surface area contributed by atoms with Crippen LogP contribution in [0.2, 0.25) is 0 Å². The molecule has 0 atom stereocenters. The summed E-state index contributed by atoms with van der Waals surface area (Å²) >= 11 is 0. The molecule has 0 unspecified atom stereocenters. The molecule has 1 aromatic heterocycles. The number of hydrogen-bond acceptors (Lipinski definition) is 7. The summed E-state index contributed by atoms with van der Waals surface area (Å²) in [6, 6.07) is 26.2. The van der Waals surface area contributed by atoms with Gasteiger partial charge < -0.3 is 0 Å². The Bertz CT molecular complexity index is 1990. The van der Waals surface area contributed by atoms with E-state index in [1.165, 1.54) is 6.21 Å². The molecule has 0 N–H and O–H groups in total. The van der Waals surface area contributed by atoms with Gasteiger partial charge in [-0.2, -0.15) is 5.10 Å². The van der Waals surface area contributed by atoms with Gasteiger partial charge in [0.05, 0.1) is 34.2 Å². The minimum absolute atomic E-state index is 0.148. The monoisotopic (exact) mass is 548 g/mol. The first-order valence-corrected chi connectivity index (χ1v) is 13.9. The molecule has 0 amide bonds. The van der Waals surface area contributed by atoms with E-state index in [0.717, 1.165) is 67.3 Å². The van der Waals surface area contributed by atoms with Crippen LogP contribution >= 0.6 is 0 Å². The van der Waals surface area contributed by atoms with Gasteiger partial charge in [0, 0.05) is 5.22 Å². The molecule has 0 saturated carbocycles. The van der Waals surface area contributed by atoms with Crippen molar-refractivity contribution in [2.45, 2.75) is 27.7 Å². The number of aromatic nitrogens is 2. The lowest BCUT2D eigenvalue weighted by Gasteiger charge is -2.28. The first-order valence-electron chi connectivity index (χ1n) is 13.9. The predicted octanol–water partition coefficient (Wildman–Crippen LogP) is 6.28. The summed E-state index contributed by atoms with van der Waals surface area (Å²) in [5.74, 6) is 2.24. The molecule has 0 fully saturated rings. The van der Waals surface area contributed by atoms with E-state index in [1.807, 2.05) is 42.5 Å². The number of benzene rings is 4. The Balaban J connectivity index is 1.59. The highest BCUT2D eigenvalue weighted by molar-refractivity contribution is 6.35. The average molecular weight is 549 g/mol. The van der Waals surface area contributed by atoms with E-state index in [1.54, 1.807) is 6.07 Å². The Hall–Kier alpha value is -5.43. The fourth-order valence-corrected chi connectivity index (χ4v) is 5.88. The second kappa shape index (κ2) is 9.89. The molecule has 2 aliphatic heterocycles. The standard InChI is InChI=1S/C35H28N6O/c1-21-10-7-11-22(2)32(21)40-30(19-18-25-14-9-15-26-29(42)20-36-39-31(25)26)41(33-23(3)12-8-13-24(33)4)35-34(40)37-27-16-5-6-17-28(27)38-35/h5-20H,1-4H3/b25-18-. The number of carbonyl (C=O) groups is 1. The lowest BCUT2D eigenvalue weighted by Crippen LogP contribution is -2.33. The van der Waals surface area contributed by atoms with Crippen molar-refractivity contribution < 1.29 is 4.79 Å². The topological polar surface area (TPSA) is 74.1 Å². The second-order valence-electron chi connectivity index (χ2n) is 10.7. The van der Waals surface area contributed by atoms with Crippen LogP contribution in [0.5, 0.6) is 0 Å². The number of aryl methyl sites for hydroxylation is 4. The number of Topliss-reactive ketones (excluding diaryl/α,β-unsaturated/α-hetero) is 1. The van der Waals surface area contributed by atoms with E-state index >= 15 is 0 Å². The van der Waals surface area contributed by atoms with Gasteiger partial charge in [0.1, 0.15) is 11.2 Å². The highest BCUT2D eigenvalue weighted by Gasteiger charge is 2.38. The highest BCUT2D eigenvalue weighted by atomic mass is 16.1. The maximum atomic E-state index is 12.5. The normalized spacial score (nSPS) is 14.3. The van der Waals surface area contributed by atoms with E-state index in [9.17, 15) is 4.79 Å². The van der Waals surface area contributed by atoms with Crippen molar-refractivity contribution in [3.63, 3.8) is 0 Å². The Labute approximate surface area is 243 Å². The third-order valence-electron chi connectivity index (χ3n) is 7.82. The Morgan fingerprint density at radius 1 is 0.619 bits per heavy atom. The summed E-state index contributed by atoms with van der Waals surface area (Å²) in [5, 5.41) is 9.62. The van der Waals surface area contributed by atoms with Gasteiger partial charge >= 0.3 is 0 Å². The van der Waals surface area contributed by atoms with Crippen molar-refractivity contribution >= 4 is 52.1 Å². The van der Waals surface area contributed by atoms with Crippen LogP contribution in [0.25, 0.3) is 17.1 Å². The van der Waals surface area contributed by atoms with Crippen LogP contribution in [0, 0.1) is 27.7 Å². The molecule has 0 bridgehead atoms. The molecule has 0 saturated heterocycles. The number of ketones is 1. The molecule has 3 heterocycles. The maximum absolute atomic E-state index is 12.5. The number of nitrogens with zero attached hydrogens (tertiary/aromatic N) is 6. The van der Waals surface area contributed by atoms with Crippen LogP contribution in [0.3, 0.4) is 0 Å². The summed E-state index contributed by atoms with van der Waals surface area (Å²) in [7, 11) is 0. The fourth-order valence-electron chi connectivity index (χ4n) is 5.88. The van der Waals surface area contributed by atoms with Gasteiger partial charge in [-0.05, 0) is 80.3 Å². The molecule has 4 aromatic carbocycles. The highest BCUT2D eigenvalue weighted by Crippen LogP contribution is 2.51. The minimum Gasteiger partial charge on any atom is -0.287 e. The summed E-state index contributed by atoms with van der Waals surface area (Å²) in [5.41, 5.74) is 8.79. The summed E-state index contributed by atoms with van der Waals surface area (Å²) in [6.45, 7) is 8.48. The molecule has 7 nitrogen and oxygen atoms in total. The molecular formula is C35H28N6O. The van der Waals surface area contributed by atoms with E-state index in [0.29, 0.717) is 10.9 Å². The number of para-hydroxylation sites is 4. The zero-order valence-electron chi connectivity index (χ0n) is 23.8. The third kappa shape index (κ3) is 4.01. The van der Waals surface area contributed by atoms with Crippen LogP contribution in [0.15, 0.2) is 101 Å². The maximum Gasteiger partial charge on any atom is 0.208 e. The van der Waals surface area contributed by atoms with Crippen LogP contribution in [-0.2, 0) is 0 Å². The SMILES string of the molecule is Cc1cccc(C)c1N1C(=C/C=c2/cccc3c2=NN=CC3=O)N(c2c(C)cccc2C)c2nc3ccccc3nc21. The van der Waals surface area contributed by atoms with Crippen molar-refractivity contribution in [1.29, 1.82) is 0 Å². The van der Waals surface area contributed by atoms with Gasteiger partial charge in [-0.25, -0.2) is 9.97 Å². The van der Waals surface area contributed by atoms with Gasteiger partial charge in [-0.3, -0.25) is 14.6 Å². The van der Waals surface area contributed by atoms with Gasteiger partial charge in [-0.15, -0.1) is 5.10 Å². The van der Waals surface area contributed by atoms with E-state index in [-0.39, 0.29) is 5.78 Å². The van der Waals surface area contributed by atoms with Crippen molar-refractivity contribution in [3.05, 3.63) is 129 Å². The van der Waals surface area contributed by atoms with Gasteiger partial charge in [0.2, 0.25) is 5.78 Å². The number of carbonyl (C=O) groups excluding carboxylic acids is 1. The van der Waals surface area contributed by atoms with Crippen LogP contribution in [-0.4, -0.2) is 22.0 Å². The molecule has 42 heavy (non-hydrogen) atoms. The lowest BCUT2D eigenvalue weighted by molar-refractivity contribution is 0.106. The summed E-state index contributed by atoms with van der Waals surface area (Å²) in [4.78, 5) is 27.3. The van der Waals surface area contributed by atoms with Crippen molar-refractivity contribution in [3.8, 4) is 0 Å². The van der Waals surface area contributed by atoms with E-state index < -0.39 is 0 Å². The second-order valence-corrected chi connectivity index (χ2v) is 10.7. The molecule has 2 aliphatic rings. The van der Waals surface area contributed by atoms with Gasteiger partial charge in [0.15, 0.2) is 11.6 Å². The molecule has 5 aromatic rings. The Morgan fingerprint density at radius 3 is 1.69 bits per heavy atom. The number of allylic oxidation sites excluding steroid dienone is 1. The van der Waals surface area contributed by atoms with Crippen LogP contribution in [0.1, 0.15) is 32.6 Å². The Kier molecular flexibility index (Phi) is 6.01. The number of hydrogen-bond donors (Lipinski definition) is 0. The van der Waals surface area contributed by atoms with Crippen LogP contribution in [0.4, 0.5) is 23.0 Å². The van der Waals surface area contributed by atoms with E-state index in [2.05, 4.69) is 90.2 Å². The smallest absolute Gasteiger partial charge is 0.208 e. The molecule has 0 aliphatic carbocycles. The first kappa shape index (κ1) is 25.5. The number of fused-ring (bicyclic) bond motifs is 3. The predicted molar refractivity (Wildman–Crippen MR) is 168 cm³/mol. The Morgan fingerprint density at radius 2 is 1.14 bits per heavy atom. The lowest BCUT2D eigenvalue weighted by atomic mass is 10.1. The summed E-state index contributed by atoms with van der Waals surface area (Å²) < 4.78 is 0. The first-order chi connectivity index (χ1) is 20.4. The quantitative estimate of drug-likeness (QED) is 0.265. The number of anilines is 4. The van der Waals surface area contributed by atoms with Crippen molar-refractivity contribution in [1.82, 2.24) is 9.97 Å². The minimum atomic E-state index is -0.148. The van der Waals surface area contributed by atoms with Crippen LogP contribution < -0.4 is 20.4 Å². The molecular weight excluding hydrogens is 520 g/mol. The third-order valence-corrected chi connectivity index (χ3v) is 7.82. The average Bonchev–Trinajstić information content (AvgIpc) is 3.27. The number of rotatable bonds is 3.